The number of aliphatic hydroxyl groups is 1. The lowest BCUT2D eigenvalue weighted by atomic mass is 10.2. The van der Waals surface area contributed by atoms with Crippen LogP contribution in [0.2, 0.25) is 0 Å². The van der Waals surface area contributed by atoms with E-state index in [-0.39, 0.29) is 11.9 Å². The lowest BCUT2D eigenvalue weighted by Gasteiger charge is -2.11. The van der Waals surface area contributed by atoms with Crippen LogP contribution in [0.4, 0.5) is 15.8 Å². The number of halogens is 1. The van der Waals surface area contributed by atoms with E-state index in [1.807, 2.05) is 6.92 Å². The molecule has 4 N–H and O–H groups in total. The second kappa shape index (κ2) is 5.56. The first-order valence-electron chi connectivity index (χ1n) is 5.10. The van der Waals surface area contributed by atoms with Crippen molar-refractivity contribution in [3.05, 3.63) is 24.0 Å². The van der Waals surface area contributed by atoms with Gasteiger partial charge in [-0.2, -0.15) is 0 Å². The standard InChI is InChI=1S/C11H17FN2O/c1-2-9(15)5-6-14-11-7-8(12)3-4-10(11)13/h3-4,7,9,14-15H,2,5-6,13H2,1H3. The van der Waals surface area contributed by atoms with Gasteiger partial charge in [0.15, 0.2) is 0 Å². The second-order valence-electron chi connectivity index (χ2n) is 3.51. The monoisotopic (exact) mass is 212 g/mol. The first kappa shape index (κ1) is 11.8. The van der Waals surface area contributed by atoms with Gasteiger partial charge in [0.25, 0.3) is 0 Å². The zero-order valence-electron chi connectivity index (χ0n) is 8.83. The van der Waals surface area contributed by atoms with E-state index in [1.54, 1.807) is 0 Å². The molecule has 0 aliphatic heterocycles. The van der Waals surface area contributed by atoms with Crippen LogP contribution in [-0.4, -0.2) is 17.8 Å². The largest absolute Gasteiger partial charge is 0.397 e. The van der Waals surface area contributed by atoms with Gasteiger partial charge >= 0.3 is 0 Å². The van der Waals surface area contributed by atoms with Crippen molar-refractivity contribution in [2.75, 3.05) is 17.6 Å². The maximum absolute atomic E-state index is 12.9. The van der Waals surface area contributed by atoms with E-state index in [0.717, 1.165) is 6.42 Å². The number of hydrogen-bond acceptors (Lipinski definition) is 3. The van der Waals surface area contributed by atoms with Crippen LogP contribution in [0.25, 0.3) is 0 Å². The lowest BCUT2D eigenvalue weighted by molar-refractivity contribution is 0.164. The number of aliphatic hydroxyl groups excluding tert-OH is 1. The molecule has 0 bridgehead atoms. The molecular weight excluding hydrogens is 195 g/mol. The summed E-state index contributed by atoms with van der Waals surface area (Å²) in [6.07, 6.45) is 1.04. The molecule has 0 heterocycles. The highest BCUT2D eigenvalue weighted by Gasteiger charge is 2.02. The minimum Gasteiger partial charge on any atom is -0.397 e. The number of nitrogens with two attached hydrogens (primary N) is 1. The van der Waals surface area contributed by atoms with Crippen molar-refractivity contribution < 1.29 is 9.50 Å². The van der Waals surface area contributed by atoms with Gasteiger partial charge in [-0.25, -0.2) is 4.39 Å². The normalized spacial score (nSPS) is 12.5. The molecule has 0 radical (unpaired) electrons. The SMILES string of the molecule is CCC(O)CCNc1cc(F)ccc1N. The van der Waals surface area contributed by atoms with Crippen molar-refractivity contribution in [3.8, 4) is 0 Å². The van der Waals surface area contributed by atoms with Crippen LogP contribution in [0.5, 0.6) is 0 Å². The van der Waals surface area contributed by atoms with E-state index in [1.165, 1.54) is 18.2 Å². The van der Waals surface area contributed by atoms with Crippen LogP contribution in [0, 0.1) is 5.82 Å². The van der Waals surface area contributed by atoms with Crippen molar-refractivity contribution in [2.24, 2.45) is 0 Å². The van der Waals surface area contributed by atoms with Crippen LogP contribution < -0.4 is 11.1 Å². The first-order chi connectivity index (χ1) is 7.13. The molecule has 1 rings (SSSR count). The summed E-state index contributed by atoms with van der Waals surface area (Å²) >= 11 is 0. The highest BCUT2D eigenvalue weighted by molar-refractivity contribution is 5.65. The highest BCUT2D eigenvalue weighted by atomic mass is 19.1. The highest BCUT2D eigenvalue weighted by Crippen LogP contribution is 2.19. The molecule has 1 atom stereocenters. The Labute approximate surface area is 89.1 Å². The van der Waals surface area contributed by atoms with Gasteiger partial charge in [0.2, 0.25) is 0 Å². The van der Waals surface area contributed by atoms with Crippen LogP contribution in [0.1, 0.15) is 19.8 Å². The maximum atomic E-state index is 12.9. The Kier molecular flexibility index (Phi) is 4.37. The molecule has 0 amide bonds. The van der Waals surface area contributed by atoms with Gasteiger partial charge < -0.3 is 16.2 Å². The summed E-state index contributed by atoms with van der Waals surface area (Å²) in [5.74, 6) is -0.317. The Morgan fingerprint density at radius 3 is 2.93 bits per heavy atom. The summed E-state index contributed by atoms with van der Waals surface area (Å²) < 4.78 is 12.9. The van der Waals surface area contributed by atoms with Crippen molar-refractivity contribution >= 4 is 11.4 Å². The molecule has 1 aromatic rings. The number of hydrogen-bond donors (Lipinski definition) is 3. The second-order valence-corrected chi connectivity index (χ2v) is 3.51. The zero-order chi connectivity index (χ0) is 11.3. The summed E-state index contributed by atoms with van der Waals surface area (Å²) in [5.41, 5.74) is 6.75. The smallest absolute Gasteiger partial charge is 0.125 e. The van der Waals surface area contributed by atoms with Gasteiger partial charge in [-0.3, -0.25) is 0 Å². The molecule has 0 aliphatic carbocycles. The number of nitrogens with one attached hydrogen (secondary N) is 1. The molecule has 15 heavy (non-hydrogen) atoms. The van der Waals surface area contributed by atoms with Crippen molar-refractivity contribution in [3.63, 3.8) is 0 Å². The van der Waals surface area contributed by atoms with Crippen LogP contribution in [0.15, 0.2) is 18.2 Å². The fourth-order valence-corrected chi connectivity index (χ4v) is 1.26. The summed E-state index contributed by atoms with van der Waals surface area (Å²) in [6, 6.07) is 4.20. The third kappa shape index (κ3) is 3.75. The van der Waals surface area contributed by atoms with Gasteiger partial charge in [-0.15, -0.1) is 0 Å². The minimum absolute atomic E-state index is 0.313. The first-order valence-corrected chi connectivity index (χ1v) is 5.10. The van der Waals surface area contributed by atoms with Crippen molar-refractivity contribution in [2.45, 2.75) is 25.9 Å². The summed E-state index contributed by atoms with van der Waals surface area (Å²) in [6.45, 7) is 2.50. The topological polar surface area (TPSA) is 58.3 Å². The molecule has 1 unspecified atom stereocenters. The van der Waals surface area contributed by atoms with E-state index in [9.17, 15) is 9.50 Å². The fourth-order valence-electron chi connectivity index (χ4n) is 1.26. The quantitative estimate of drug-likeness (QED) is 0.654. The number of nitrogen functional groups attached to an aromatic ring is 1. The molecule has 4 heteroatoms. The molecular formula is C11H17FN2O. The third-order valence-corrected chi connectivity index (χ3v) is 2.28. The Morgan fingerprint density at radius 2 is 2.27 bits per heavy atom. The van der Waals surface area contributed by atoms with E-state index < -0.39 is 0 Å². The molecule has 0 saturated heterocycles. The molecule has 0 fully saturated rings. The maximum Gasteiger partial charge on any atom is 0.125 e. The number of benzene rings is 1. The summed E-state index contributed by atoms with van der Waals surface area (Å²) in [7, 11) is 0. The molecule has 0 spiro atoms. The Balaban J connectivity index is 2.46. The minimum atomic E-state index is -0.317. The average molecular weight is 212 g/mol. The predicted octanol–water partition coefficient (Wildman–Crippen LogP) is 1.98. The number of rotatable bonds is 5. The molecule has 3 nitrogen and oxygen atoms in total. The molecule has 0 aromatic heterocycles. The van der Waals surface area contributed by atoms with Gasteiger partial charge in [0.1, 0.15) is 5.82 Å². The van der Waals surface area contributed by atoms with Crippen LogP contribution in [0.3, 0.4) is 0 Å². The van der Waals surface area contributed by atoms with E-state index in [0.29, 0.717) is 24.3 Å². The van der Waals surface area contributed by atoms with Gasteiger partial charge in [-0.05, 0) is 31.0 Å². The van der Waals surface area contributed by atoms with E-state index in [4.69, 9.17) is 5.73 Å². The molecule has 0 saturated carbocycles. The molecule has 1 aromatic carbocycles. The third-order valence-electron chi connectivity index (χ3n) is 2.28. The summed E-state index contributed by atoms with van der Waals surface area (Å²) in [5, 5.41) is 12.3. The molecule has 0 aliphatic rings. The van der Waals surface area contributed by atoms with E-state index >= 15 is 0 Å². The number of anilines is 2. The Bertz CT molecular complexity index is 317. The fraction of sp³-hybridized carbons (Fsp3) is 0.455. The summed E-state index contributed by atoms with van der Waals surface area (Å²) in [4.78, 5) is 0. The predicted molar refractivity (Wildman–Crippen MR) is 60.2 cm³/mol. The van der Waals surface area contributed by atoms with E-state index in [2.05, 4.69) is 5.32 Å². The Hall–Kier alpha value is -1.29. The lowest BCUT2D eigenvalue weighted by Crippen LogP contribution is -2.13. The zero-order valence-corrected chi connectivity index (χ0v) is 8.83. The van der Waals surface area contributed by atoms with Gasteiger partial charge in [0.05, 0.1) is 17.5 Å². The van der Waals surface area contributed by atoms with Gasteiger partial charge in [0, 0.05) is 6.54 Å². The van der Waals surface area contributed by atoms with Crippen molar-refractivity contribution in [1.29, 1.82) is 0 Å². The van der Waals surface area contributed by atoms with Crippen LogP contribution in [-0.2, 0) is 0 Å². The van der Waals surface area contributed by atoms with Crippen molar-refractivity contribution in [1.82, 2.24) is 0 Å². The average Bonchev–Trinajstić information content (AvgIpc) is 2.23. The van der Waals surface area contributed by atoms with Crippen LogP contribution >= 0.6 is 0 Å². The Morgan fingerprint density at radius 1 is 1.53 bits per heavy atom. The molecule has 84 valence electrons. The van der Waals surface area contributed by atoms with Gasteiger partial charge in [-0.1, -0.05) is 6.92 Å².